The third kappa shape index (κ3) is 3.76. The van der Waals surface area contributed by atoms with Gasteiger partial charge in [0.05, 0.1) is 28.0 Å². The van der Waals surface area contributed by atoms with Crippen LogP contribution in [0.5, 0.6) is 5.75 Å². The zero-order chi connectivity index (χ0) is 28.5. The molecule has 206 valence electrons. The average Bonchev–Trinajstić information content (AvgIpc) is 3.79. The number of phenolic OH excluding ortho intramolecular Hbond substituents is 1. The van der Waals surface area contributed by atoms with Gasteiger partial charge in [0.1, 0.15) is 11.6 Å². The summed E-state index contributed by atoms with van der Waals surface area (Å²) in [4.78, 5) is 10.5. The number of benzene rings is 5. The van der Waals surface area contributed by atoms with Crippen LogP contribution in [0.15, 0.2) is 121 Å². The average molecular weight is 556 g/mol. The van der Waals surface area contributed by atoms with Crippen LogP contribution < -0.4 is 0 Å². The Morgan fingerprint density at radius 3 is 2.37 bits per heavy atom. The van der Waals surface area contributed by atoms with Gasteiger partial charge in [0.15, 0.2) is 0 Å². The Bertz CT molecular complexity index is 2210. The van der Waals surface area contributed by atoms with E-state index in [2.05, 4.69) is 102 Å². The summed E-state index contributed by atoms with van der Waals surface area (Å²) in [5.41, 5.74) is 10.7. The molecule has 1 N–H and O–H groups in total. The summed E-state index contributed by atoms with van der Waals surface area (Å²) in [6, 6.07) is 41.8. The highest BCUT2D eigenvalue weighted by atomic mass is 16.3. The first-order chi connectivity index (χ1) is 21.2. The maximum Gasteiger partial charge on any atom is 0.149 e. The van der Waals surface area contributed by atoms with Crippen LogP contribution in [0.1, 0.15) is 42.4 Å². The summed E-state index contributed by atoms with van der Waals surface area (Å²) < 4.78 is 2.19. The van der Waals surface area contributed by atoms with E-state index in [0.717, 1.165) is 49.9 Å². The summed E-state index contributed by atoms with van der Waals surface area (Å²) in [5, 5.41) is 13.3. The standard InChI is InChI=1S/C39H29N3O/c43-36-17-4-3-13-32(36)39-41-38-30(14-7-16-35(38)42(39)34-15-6-9-24-8-1-2-12-29(24)34)25-10-5-11-27(22-25)33-21-20-31-26-18-19-28(23-26)37(31)40-33/h1-17,20-22,26,28,43H,18-19,23H2. The molecular weight excluding hydrogens is 526 g/mol. The molecule has 0 amide bonds. The molecule has 1 saturated carbocycles. The minimum Gasteiger partial charge on any atom is -0.507 e. The van der Waals surface area contributed by atoms with Crippen LogP contribution in [-0.4, -0.2) is 19.6 Å². The van der Waals surface area contributed by atoms with Crippen molar-refractivity contribution in [1.82, 2.24) is 14.5 Å². The highest BCUT2D eigenvalue weighted by Gasteiger charge is 2.38. The van der Waals surface area contributed by atoms with Gasteiger partial charge in [-0.1, -0.05) is 84.9 Å². The molecule has 0 aliphatic heterocycles. The summed E-state index contributed by atoms with van der Waals surface area (Å²) in [6.45, 7) is 0. The third-order valence-corrected chi connectivity index (χ3v) is 9.52. The number of imidazole rings is 1. The SMILES string of the molecule is Oc1ccccc1-c1nc2c(-c3cccc(-c4ccc5c(n4)C4CCC5C4)c3)cccc2n1-c1cccc2ccccc12. The van der Waals surface area contributed by atoms with E-state index < -0.39 is 0 Å². The third-order valence-electron chi connectivity index (χ3n) is 9.52. The zero-order valence-electron chi connectivity index (χ0n) is 23.6. The first kappa shape index (κ1) is 24.4. The number of hydrogen-bond acceptors (Lipinski definition) is 3. The zero-order valence-corrected chi connectivity index (χ0v) is 23.6. The molecule has 0 radical (unpaired) electrons. The van der Waals surface area contributed by atoms with E-state index in [4.69, 9.17) is 9.97 Å². The number of rotatable bonds is 4. The maximum atomic E-state index is 11.0. The number of pyridine rings is 1. The number of nitrogens with zero attached hydrogens (tertiary/aromatic N) is 3. The molecule has 2 bridgehead atoms. The fourth-order valence-corrected chi connectivity index (χ4v) is 7.50. The number of para-hydroxylation sites is 2. The van der Waals surface area contributed by atoms with E-state index in [0.29, 0.717) is 23.2 Å². The Hall–Kier alpha value is -5.22. The van der Waals surface area contributed by atoms with Gasteiger partial charge in [-0.25, -0.2) is 4.98 Å². The lowest BCUT2D eigenvalue weighted by Crippen LogP contribution is -2.01. The van der Waals surface area contributed by atoms with Crippen LogP contribution in [0.25, 0.3) is 61.3 Å². The predicted octanol–water partition coefficient (Wildman–Crippen LogP) is 9.64. The van der Waals surface area contributed by atoms with Crippen molar-refractivity contribution in [3.63, 3.8) is 0 Å². The smallest absolute Gasteiger partial charge is 0.149 e. The van der Waals surface area contributed by atoms with Crippen LogP contribution in [-0.2, 0) is 0 Å². The molecule has 0 saturated heterocycles. The number of fused-ring (bicyclic) bond motifs is 7. The Balaban J connectivity index is 1.25. The monoisotopic (exact) mass is 555 g/mol. The normalized spacial score (nSPS) is 17.1. The number of phenols is 1. The van der Waals surface area contributed by atoms with E-state index in [-0.39, 0.29) is 5.75 Å². The molecule has 2 atom stereocenters. The van der Waals surface area contributed by atoms with Crippen molar-refractivity contribution in [2.45, 2.75) is 31.1 Å². The predicted molar refractivity (Wildman–Crippen MR) is 174 cm³/mol. The Labute approximate surface area is 249 Å². The molecular formula is C39H29N3O. The van der Waals surface area contributed by atoms with Gasteiger partial charge in [-0.2, -0.15) is 0 Å². The fourth-order valence-electron chi connectivity index (χ4n) is 7.50. The first-order valence-electron chi connectivity index (χ1n) is 15.1. The van der Waals surface area contributed by atoms with Gasteiger partial charge in [-0.3, -0.25) is 9.55 Å². The van der Waals surface area contributed by atoms with Gasteiger partial charge in [0, 0.05) is 28.1 Å². The summed E-state index contributed by atoms with van der Waals surface area (Å²) >= 11 is 0. The Kier molecular flexibility index (Phi) is 5.33. The van der Waals surface area contributed by atoms with E-state index in [1.807, 2.05) is 18.2 Å². The second-order valence-corrected chi connectivity index (χ2v) is 11.9. The highest BCUT2D eigenvalue weighted by Crippen LogP contribution is 2.52. The van der Waals surface area contributed by atoms with E-state index in [1.165, 1.54) is 30.5 Å². The van der Waals surface area contributed by atoms with E-state index in [1.54, 1.807) is 6.07 Å². The van der Waals surface area contributed by atoms with Crippen molar-refractivity contribution in [3.05, 3.63) is 133 Å². The molecule has 7 aromatic rings. The van der Waals surface area contributed by atoms with Crippen molar-refractivity contribution < 1.29 is 5.11 Å². The minimum absolute atomic E-state index is 0.208. The first-order valence-corrected chi connectivity index (χ1v) is 15.1. The van der Waals surface area contributed by atoms with E-state index in [9.17, 15) is 5.11 Å². The van der Waals surface area contributed by atoms with Crippen molar-refractivity contribution in [2.24, 2.45) is 0 Å². The van der Waals surface area contributed by atoms with Crippen LogP contribution in [0.4, 0.5) is 0 Å². The Morgan fingerprint density at radius 1 is 0.651 bits per heavy atom. The molecule has 2 aromatic heterocycles. The summed E-state index contributed by atoms with van der Waals surface area (Å²) in [7, 11) is 0. The van der Waals surface area contributed by atoms with Crippen LogP contribution in [0, 0.1) is 0 Å². The van der Waals surface area contributed by atoms with Gasteiger partial charge in [0.25, 0.3) is 0 Å². The highest BCUT2D eigenvalue weighted by molar-refractivity contribution is 5.99. The largest absolute Gasteiger partial charge is 0.507 e. The van der Waals surface area contributed by atoms with Gasteiger partial charge >= 0.3 is 0 Å². The van der Waals surface area contributed by atoms with Crippen LogP contribution in [0.2, 0.25) is 0 Å². The molecule has 43 heavy (non-hydrogen) atoms. The van der Waals surface area contributed by atoms with Gasteiger partial charge in [0.2, 0.25) is 0 Å². The Morgan fingerprint density at radius 2 is 1.42 bits per heavy atom. The lowest BCUT2D eigenvalue weighted by molar-refractivity contribution is 0.477. The van der Waals surface area contributed by atoms with Crippen molar-refractivity contribution in [1.29, 1.82) is 0 Å². The quantitative estimate of drug-likeness (QED) is 0.235. The van der Waals surface area contributed by atoms with Crippen molar-refractivity contribution in [3.8, 4) is 45.2 Å². The molecule has 0 spiro atoms. The second kappa shape index (κ2) is 9.40. The van der Waals surface area contributed by atoms with E-state index >= 15 is 0 Å². The van der Waals surface area contributed by atoms with Gasteiger partial charge in [-0.15, -0.1) is 0 Å². The molecule has 1 fully saturated rings. The van der Waals surface area contributed by atoms with Crippen molar-refractivity contribution >= 4 is 21.8 Å². The molecule has 2 aliphatic rings. The molecule has 2 unspecified atom stereocenters. The molecule has 2 aliphatic carbocycles. The molecule has 5 aromatic carbocycles. The van der Waals surface area contributed by atoms with Gasteiger partial charge < -0.3 is 5.11 Å². The maximum absolute atomic E-state index is 11.0. The lowest BCUT2D eigenvalue weighted by atomic mass is 9.94. The number of aromatic hydroxyl groups is 1. The lowest BCUT2D eigenvalue weighted by Gasteiger charge is -2.15. The number of hydrogen-bond donors (Lipinski definition) is 1. The molecule has 4 heteroatoms. The van der Waals surface area contributed by atoms with Crippen LogP contribution >= 0.6 is 0 Å². The van der Waals surface area contributed by atoms with Crippen molar-refractivity contribution in [2.75, 3.05) is 0 Å². The van der Waals surface area contributed by atoms with Gasteiger partial charge in [-0.05, 0) is 78.1 Å². The topological polar surface area (TPSA) is 50.9 Å². The molecule has 9 rings (SSSR count). The second-order valence-electron chi connectivity index (χ2n) is 11.9. The summed E-state index contributed by atoms with van der Waals surface area (Å²) in [5.74, 6) is 2.26. The fraction of sp³-hybridized carbons (Fsp3) is 0.128. The van der Waals surface area contributed by atoms with Crippen LogP contribution in [0.3, 0.4) is 0 Å². The number of aromatic nitrogens is 3. The molecule has 2 heterocycles. The minimum atomic E-state index is 0.208. The summed E-state index contributed by atoms with van der Waals surface area (Å²) in [6.07, 6.45) is 3.85. The molecule has 4 nitrogen and oxygen atoms in total.